The third-order valence-electron chi connectivity index (χ3n) is 10.9. The molecule has 3 atom stereocenters. The highest BCUT2D eigenvalue weighted by molar-refractivity contribution is 6.03. The van der Waals surface area contributed by atoms with Gasteiger partial charge in [-0.2, -0.15) is 0 Å². The van der Waals surface area contributed by atoms with E-state index in [-0.39, 0.29) is 42.3 Å². The van der Waals surface area contributed by atoms with Crippen LogP contribution in [0.5, 0.6) is 0 Å². The van der Waals surface area contributed by atoms with Crippen LogP contribution >= 0.6 is 0 Å². The summed E-state index contributed by atoms with van der Waals surface area (Å²) in [5.74, 6) is -1.91. The molecule has 11 nitrogen and oxygen atoms in total. The molecule has 11 heteroatoms. The Balaban J connectivity index is 1.92. The maximum atomic E-state index is 13.6. The summed E-state index contributed by atoms with van der Waals surface area (Å²) in [7, 11) is 4.02. The zero-order chi connectivity index (χ0) is 39.3. The summed E-state index contributed by atoms with van der Waals surface area (Å²) in [5.41, 5.74) is 10.8. The number of aromatic nitrogens is 4. The minimum atomic E-state index is -0.564. The van der Waals surface area contributed by atoms with E-state index in [1.165, 1.54) is 27.8 Å². The Labute approximate surface area is 317 Å². The summed E-state index contributed by atoms with van der Waals surface area (Å²) in [6.07, 6.45) is 6.39. The molecule has 54 heavy (non-hydrogen) atoms. The number of methoxy groups -OCH3 is 3. The first-order chi connectivity index (χ1) is 25.9. The van der Waals surface area contributed by atoms with E-state index in [2.05, 4.69) is 50.3 Å². The summed E-state index contributed by atoms with van der Waals surface area (Å²) in [6, 6.07) is 6.00. The molecule has 0 aromatic carbocycles. The normalized spacial score (nSPS) is 15.9. The molecular formula is C43H54N4O7. The average Bonchev–Trinajstić information content (AvgIpc) is 3.85. The number of carbonyl (C=O) groups is 3. The van der Waals surface area contributed by atoms with Crippen molar-refractivity contribution in [3.05, 3.63) is 75.4 Å². The number of H-pyrrole nitrogens is 2. The fraction of sp³-hybridized carbons (Fsp3) is 0.465. The number of ether oxygens (including phenoxy) is 4. The van der Waals surface area contributed by atoms with Crippen LogP contribution in [0.15, 0.2) is 24.8 Å². The summed E-state index contributed by atoms with van der Waals surface area (Å²) in [6.45, 7) is 17.0. The predicted octanol–water partition coefficient (Wildman–Crippen LogP) is 8.83. The first kappa shape index (κ1) is 40.2. The minimum absolute atomic E-state index is 0.137. The predicted molar refractivity (Wildman–Crippen MR) is 212 cm³/mol. The number of fused-ring (bicyclic) bond motifs is 8. The SMILES string of the molecule is C=Cc1c(C)c2cc3nc(cc4nc(c(CC(=O)OC)c5[nH]c(cc1[nH]2)c(C)c5C(=O)OC)[C@@H](CCC(=O)OC)[C@@H]4C)C(C)=C3C(C)OCCCCCC. The molecule has 0 spiro atoms. The number of hydrogen-bond acceptors (Lipinski definition) is 9. The van der Waals surface area contributed by atoms with Crippen LogP contribution in [-0.4, -0.2) is 71.9 Å². The van der Waals surface area contributed by atoms with E-state index in [4.69, 9.17) is 28.9 Å². The molecule has 5 rings (SSSR count). The molecule has 5 heterocycles. The van der Waals surface area contributed by atoms with Crippen LogP contribution in [-0.2, 0) is 35.0 Å². The van der Waals surface area contributed by atoms with Gasteiger partial charge in [-0.15, -0.1) is 0 Å². The molecule has 0 saturated carbocycles. The second-order valence-corrected chi connectivity index (χ2v) is 14.2. The number of nitrogens with one attached hydrogen (secondary N) is 2. The third kappa shape index (κ3) is 8.06. The van der Waals surface area contributed by atoms with E-state index >= 15 is 0 Å². The molecule has 2 aliphatic heterocycles. The molecule has 8 bridgehead atoms. The zero-order valence-corrected chi connectivity index (χ0v) is 33.2. The maximum absolute atomic E-state index is 13.6. The third-order valence-corrected chi connectivity index (χ3v) is 10.9. The van der Waals surface area contributed by atoms with Crippen LogP contribution in [0.4, 0.5) is 0 Å². The highest BCUT2D eigenvalue weighted by Gasteiger charge is 2.34. The van der Waals surface area contributed by atoms with Crippen molar-refractivity contribution in [2.45, 2.75) is 104 Å². The van der Waals surface area contributed by atoms with Gasteiger partial charge in [0.2, 0.25) is 0 Å². The number of hydrogen-bond donors (Lipinski definition) is 2. The van der Waals surface area contributed by atoms with E-state index in [0.717, 1.165) is 69.7 Å². The van der Waals surface area contributed by atoms with Crippen molar-refractivity contribution < 1.29 is 33.3 Å². The van der Waals surface area contributed by atoms with Gasteiger partial charge in [-0.1, -0.05) is 45.8 Å². The lowest BCUT2D eigenvalue weighted by Crippen LogP contribution is -2.13. The molecule has 0 aliphatic carbocycles. The van der Waals surface area contributed by atoms with Crippen LogP contribution in [0.25, 0.3) is 39.3 Å². The van der Waals surface area contributed by atoms with Gasteiger partial charge in [-0.25, -0.2) is 9.78 Å². The van der Waals surface area contributed by atoms with Gasteiger partial charge >= 0.3 is 17.9 Å². The second-order valence-electron chi connectivity index (χ2n) is 14.2. The fourth-order valence-corrected chi connectivity index (χ4v) is 7.68. The lowest BCUT2D eigenvalue weighted by atomic mass is 9.85. The standard InChI is InChI=1S/C43H54N4O7/c1-11-13-14-15-18-54-27(7)39-25(5)33-20-32-24(4)29(16-17-37(48)51-8)41(46-32)30(19-38(49)52-9)42-40(43(50)53-10)26(6)34(47-42)21-35-28(12-2)23(3)31(44-35)22-36(39)45-33/h12,20-22,24,27,29,44,47H,2,11,13-19H2,1,3-10H3/t24-,27?,29-/m0/s1. The molecule has 0 fully saturated rings. The van der Waals surface area contributed by atoms with E-state index in [9.17, 15) is 14.4 Å². The Morgan fingerprint density at radius 2 is 1.61 bits per heavy atom. The summed E-state index contributed by atoms with van der Waals surface area (Å²) in [4.78, 5) is 56.7. The van der Waals surface area contributed by atoms with E-state index in [1.54, 1.807) is 0 Å². The van der Waals surface area contributed by atoms with Crippen molar-refractivity contribution in [2.75, 3.05) is 27.9 Å². The van der Waals surface area contributed by atoms with Crippen molar-refractivity contribution >= 4 is 57.2 Å². The highest BCUT2D eigenvalue weighted by atomic mass is 16.5. The molecule has 2 N–H and O–H groups in total. The number of rotatable bonds is 14. The topological polar surface area (TPSA) is 145 Å². The zero-order valence-electron chi connectivity index (χ0n) is 33.2. The molecule has 3 aromatic heterocycles. The van der Waals surface area contributed by atoms with Gasteiger partial charge in [0.25, 0.3) is 0 Å². The van der Waals surface area contributed by atoms with Crippen molar-refractivity contribution in [3.63, 3.8) is 0 Å². The molecule has 0 saturated heterocycles. The lowest BCUT2D eigenvalue weighted by molar-refractivity contribution is -0.141. The van der Waals surface area contributed by atoms with Crippen molar-refractivity contribution in [2.24, 2.45) is 0 Å². The molecule has 0 radical (unpaired) electrons. The van der Waals surface area contributed by atoms with Gasteiger partial charge in [-0.05, 0) is 75.4 Å². The summed E-state index contributed by atoms with van der Waals surface area (Å²) >= 11 is 0. The van der Waals surface area contributed by atoms with Crippen LogP contribution < -0.4 is 0 Å². The summed E-state index contributed by atoms with van der Waals surface area (Å²) in [5, 5.41) is 0. The van der Waals surface area contributed by atoms with Crippen molar-refractivity contribution in [3.8, 4) is 0 Å². The number of aryl methyl sites for hydroxylation is 2. The first-order valence-corrected chi connectivity index (χ1v) is 18.8. The van der Waals surface area contributed by atoms with E-state index in [1.807, 2.05) is 32.1 Å². The Kier molecular flexibility index (Phi) is 12.9. The maximum Gasteiger partial charge on any atom is 0.340 e. The van der Waals surface area contributed by atoms with Gasteiger partial charge in [0.1, 0.15) is 0 Å². The fourth-order valence-electron chi connectivity index (χ4n) is 7.68. The van der Waals surface area contributed by atoms with Crippen molar-refractivity contribution in [1.82, 2.24) is 19.9 Å². The monoisotopic (exact) mass is 738 g/mol. The van der Waals surface area contributed by atoms with Gasteiger partial charge in [0, 0.05) is 63.8 Å². The van der Waals surface area contributed by atoms with Crippen molar-refractivity contribution in [1.29, 1.82) is 0 Å². The molecule has 3 aromatic rings. The van der Waals surface area contributed by atoms with Gasteiger partial charge in [0.15, 0.2) is 0 Å². The van der Waals surface area contributed by atoms with Crippen LogP contribution in [0.1, 0.15) is 133 Å². The molecule has 1 unspecified atom stereocenters. The van der Waals surface area contributed by atoms with Gasteiger partial charge in [-0.3, -0.25) is 14.6 Å². The Hall–Kier alpha value is -5.03. The molecule has 2 aliphatic rings. The molecular weight excluding hydrogens is 684 g/mol. The second kappa shape index (κ2) is 17.4. The van der Waals surface area contributed by atoms with Gasteiger partial charge < -0.3 is 28.9 Å². The van der Waals surface area contributed by atoms with Gasteiger partial charge in [0.05, 0.1) is 62.0 Å². The Bertz CT molecular complexity index is 2140. The van der Waals surface area contributed by atoms with Crippen LogP contribution in [0.3, 0.4) is 0 Å². The first-order valence-electron chi connectivity index (χ1n) is 18.8. The minimum Gasteiger partial charge on any atom is -0.469 e. The Morgan fingerprint density at radius 3 is 2.28 bits per heavy atom. The Morgan fingerprint density at radius 1 is 0.889 bits per heavy atom. The molecule has 0 amide bonds. The number of aromatic amines is 2. The number of nitrogens with zero attached hydrogens (tertiary/aromatic N) is 2. The number of unbranched alkanes of at least 4 members (excludes halogenated alkanes) is 3. The largest absolute Gasteiger partial charge is 0.469 e. The summed E-state index contributed by atoms with van der Waals surface area (Å²) < 4.78 is 21.9. The lowest BCUT2D eigenvalue weighted by Gasteiger charge is -2.18. The average molecular weight is 739 g/mol. The smallest absolute Gasteiger partial charge is 0.340 e. The van der Waals surface area contributed by atoms with Crippen LogP contribution in [0, 0.1) is 13.8 Å². The number of allylic oxidation sites excluding steroid dienone is 1. The van der Waals surface area contributed by atoms with E-state index < -0.39 is 11.9 Å². The number of esters is 3. The van der Waals surface area contributed by atoms with E-state index in [0.29, 0.717) is 40.9 Å². The highest BCUT2D eigenvalue weighted by Crippen LogP contribution is 2.43. The molecule has 288 valence electrons. The quantitative estimate of drug-likeness (QED) is 0.0941. The number of carbonyl (C=O) groups excluding carboxylic acids is 3. The van der Waals surface area contributed by atoms with Crippen LogP contribution in [0.2, 0.25) is 0 Å².